The molecule has 0 aliphatic carbocycles. The Bertz CT molecular complexity index is 1580. The van der Waals surface area contributed by atoms with Gasteiger partial charge in [-0.2, -0.15) is 13.2 Å². The van der Waals surface area contributed by atoms with E-state index in [-0.39, 0.29) is 17.9 Å². The van der Waals surface area contributed by atoms with Gasteiger partial charge in [-0.05, 0) is 64.9 Å². The van der Waals surface area contributed by atoms with Crippen molar-refractivity contribution in [1.82, 2.24) is 0 Å². The summed E-state index contributed by atoms with van der Waals surface area (Å²) in [4.78, 5) is 16.1. The van der Waals surface area contributed by atoms with Gasteiger partial charge in [0.05, 0.1) is 22.6 Å². The van der Waals surface area contributed by atoms with Crippen molar-refractivity contribution in [1.29, 1.82) is 0 Å². The molecule has 0 fully saturated rings. The molecular formula is C27H22BrF3N2O4S. The number of rotatable bonds is 4. The summed E-state index contributed by atoms with van der Waals surface area (Å²) in [6, 6.07) is 14.7. The number of oxime groups is 1. The maximum Gasteiger partial charge on any atom is 0.416 e. The van der Waals surface area contributed by atoms with Gasteiger partial charge in [0.25, 0.3) is 10.0 Å². The number of halogens is 4. The van der Waals surface area contributed by atoms with Crippen LogP contribution >= 0.6 is 15.9 Å². The molecule has 6 nitrogen and oxygen atoms in total. The number of carbonyl (C=O) groups is 1. The Kier molecular flexibility index (Phi) is 6.42. The molecule has 0 bridgehead atoms. The Labute approximate surface area is 226 Å². The zero-order chi connectivity index (χ0) is 27.5. The molecule has 0 N–H and O–H groups in total. The topological polar surface area (TPSA) is 76.0 Å². The fraction of sp³-hybridized carbons (Fsp3) is 0.259. The summed E-state index contributed by atoms with van der Waals surface area (Å²) in [6.07, 6.45) is -3.82. The molecule has 0 unspecified atom stereocenters. The summed E-state index contributed by atoms with van der Waals surface area (Å²) in [5.74, 6) is -0.480. The maximum absolute atomic E-state index is 13.9. The zero-order valence-corrected chi connectivity index (χ0v) is 22.7. The van der Waals surface area contributed by atoms with Gasteiger partial charge < -0.3 is 4.84 Å². The van der Waals surface area contributed by atoms with Crippen molar-refractivity contribution < 1.29 is 31.2 Å². The molecule has 11 heteroatoms. The number of benzene rings is 3. The number of anilines is 1. The fourth-order valence-corrected chi connectivity index (χ4v) is 7.21. The van der Waals surface area contributed by atoms with Crippen LogP contribution in [0.4, 0.5) is 18.9 Å². The Morgan fingerprint density at radius 2 is 1.68 bits per heavy atom. The number of alkyl halides is 3. The SMILES string of the molecule is CC1(C)Cc2cc(-c3ccc(C(F)(F)F)cc3)ccc2N(S(=O)(=O)c2ccc(C3=NOC(=O)C3)c(Br)c2)C1. The number of fused-ring (bicyclic) bond motifs is 1. The van der Waals surface area contributed by atoms with E-state index in [1.807, 2.05) is 19.9 Å². The number of hydrogen-bond donors (Lipinski definition) is 0. The second-order valence-corrected chi connectivity index (χ2v) is 12.8. The van der Waals surface area contributed by atoms with Crippen LogP contribution in [0.3, 0.4) is 0 Å². The monoisotopic (exact) mass is 606 g/mol. The lowest BCUT2D eigenvalue weighted by Gasteiger charge is -2.40. The van der Waals surface area contributed by atoms with Gasteiger partial charge in [0.1, 0.15) is 5.71 Å². The number of nitrogens with zero attached hydrogens (tertiary/aromatic N) is 2. The van der Waals surface area contributed by atoms with Crippen LogP contribution in [0.2, 0.25) is 0 Å². The molecule has 2 aliphatic heterocycles. The minimum absolute atomic E-state index is 0.000345. The largest absolute Gasteiger partial charge is 0.416 e. The van der Waals surface area contributed by atoms with Crippen LogP contribution in [0, 0.1) is 5.41 Å². The fourth-order valence-electron chi connectivity index (χ4n) is 4.73. The van der Waals surface area contributed by atoms with E-state index in [9.17, 15) is 26.4 Å². The van der Waals surface area contributed by atoms with Crippen molar-refractivity contribution in [3.05, 3.63) is 81.8 Å². The predicted molar refractivity (Wildman–Crippen MR) is 140 cm³/mol. The Hall–Kier alpha value is -3.18. The zero-order valence-electron chi connectivity index (χ0n) is 20.3. The highest BCUT2D eigenvalue weighted by Crippen LogP contribution is 2.42. The van der Waals surface area contributed by atoms with Gasteiger partial charge in [-0.25, -0.2) is 13.2 Å². The summed E-state index contributed by atoms with van der Waals surface area (Å²) in [5, 5.41) is 3.75. The second-order valence-electron chi connectivity index (χ2n) is 10.1. The summed E-state index contributed by atoms with van der Waals surface area (Å²) in [7, 11) is -3.98. The smallest absolute Gasteiger partial charge is 0.318 e. The van der Waals surface area contributed by atoms with Crippen molar-refractivity contribution in [2.24, 2.45) is 10.6 Å². The lowest BCUT2D eigenvalue weighted by Crippen LogP contribution is -2.44. The van der Waals surface area contributed by atoms with Crippen LogP contribution in [-0.4, -0.2) is 26.6 Å². The van der Waals surface area contributed by atoms with Crippen molar-refractivity contribution in [3.63, 3.8) is 0 Å². The van der Waals surface area contributed by atoms with E-state index < -0.39 is 33.1 Å². The van der Waals surface area contributed by atoms with E-state index in [0.29, 0.717) is 39.0 Å². The van der Waals surface area contributed by atoms with E-state index in [4.69, 9.17) is 0 Å². The summed E-state index contributed by atoms with van der Waals surface area (Å²) < 4.78 is 68.5. The quantitative estimate of drug-likeness (QED) is 0.315. The molecule has 0 saturated heterocycles. The molecule has 198 valence electrons. The molecule has 0 spiro atoms. The highest BCUT2D eigenvalue weighted by atomic mass is 79.9. The Balaban J connectivity index is 1.51. The van der Waals surface area contributed by atoms with Gasteiger partial charge in [-0.15, -0.1) is 0 Å². The highest BCUT2D eigenvalue weighted by molar-refractivity contribution is 9.10. The van der Waals surface area contributed by atoms with E-state index >= 15 is 0 Å². The van der Waals surface area contributed by atoms with Crippen LogP contribution in [0.15, 0.2) is 75.2 Å². The van der Waals surface area contributed by atoms with Crippen molar-refractivity contribution >= 4 is 43.3 Å². The first-order valence-electron chi connectivity index (χ1n) is 11.6. The average molecular weight is 607 g/mol. The first-order valence-corrected chi connectivity index (χ1v) is 13.9. The Morgan fingerprint density at radius 1 is 1.00 bits per heavy atom. The van der Waals surface area contributed by atoms with Crippen LogP contribution < -0.4 is 4.31 Å². The van der Waals surface area contributed by atoms with Gasteiger partial charge >= 0.3 is 12.1 Å². The molecule has 0 aromatic heterocycles. The summed E-state index contributed by atoms with van der Waals surface area (Å²) >= 11 is 3.40. The first kappa shape index (κ1) is 26.4. The van der Waals surface area contributed by atoms with Crippen molar-refractivity contribution in [3.8, 4) is 11.1 Å². The van der Waals surface area contributed by atoms with Gasteiger partial charge in [0.15, 0.2) is 0 Å². The van der Waals surface area contributed by atoms with Crippen LogP contribution in [0.5, 0.6) is 0 Å². The van der Waals surface area contributed by atoms with Gasteiger partial charge in [-0.1, -0.05) is 59.2 Å². The van der Waals surface area contributed by atoms with Gasteiger partial charge in [0.2, 0.25) is 0 Å². The molecular weight excluding hydrogens is 585 g/mol. The van der Waals surface area contributed by atoms with E-state index in [0.717, 1.165) is 17.7 Å². The molecule has 38 heavy (non-hydrogen) atoms. The minimum Gasteiger partial charge on any atom is -0.318 e. The Morgan fingerprint density at radius 3 is 2.29 bits per heavy atom. The number of hydrogen-bond acceptors (Lipinski definition) is 5. The van der Waals surface area contributed by atoms with E-state index in [1.165, 1.54) is 28.6 Å². The van der Waals surface area contributed by atoms with E-state index in [1.54, 1.807) is 18.2 Å². The third-order valence-corrected chi connectivity index (χ3v) is 8.96. The molecule has 0 saturated carbocycles. The van der Waals surface area contributed by atoms with Crippen LogP contribution in [-0.2, 0) is 32.3 Å². The molecule has 5 rings (SSSR count). The maximum atomic E-state index is 13.9. The minimum atomic E-state index is -4.42. The van der Waals surface area contributed by atoms with Crippen LogP contribution in [0.25, 0.3) is 11.1 Å². The molecule has 2 heterocycles. The van der Waals surface area contributed by atoms with Gasteiger partial charge in [-0.3, -0.25) is 4.31 Å². The molecule has 3 aromatic rings. The molecule has 3 aromatic carbocycles. The third-order valence-electron chi connectivity index (χ3n) is 6.54. The lowest BCUT2D eigenvalue weighted by atomic mass is 9.81. The highest BCUT2D eigenvalue weighted by Gasteiger charge is 2.38. The molecule has 2 aliphatic rings. The first-order chi connectivity index (χ1) is 17.7. The summed E-state index contributed by atoms with van der Waals surface area (Å²) in [5.41, 5.74) is 2.47. The molecule has 0 radical (unpaired) electrons. The van der Waals surface area contributed by atoms with E-state index in [2.05, 4.69) is 25.9 Å². The molecule has 0 atom stereocenters. The average Bonchev–Trinajstić information content (AvgIpc) is 3.27. The normalized spacial score (nSPS) is 17.2. The second kappa shape index (κ2) is 9.23. The van der Waals surface area contributed by atoms with Crippen molar-refractivity contribution in [2.45, 2.75) is 37.8 Å². The van der Waals surface area contributed by atoms with Crippen molar-refractivity contribution in [2.75, 3.05) is 10.8 Å². The standard InChI is InChI=1S/C27H22BrF3N2O4S/c1-26(2)14-18-11-17(16-3-6-19(7-4-16)27(29,30)31)5-10-24(18)33(15-26)38(35,36)20-8-9-21(22(28)12-20)23-13-25(34)37-32-23/h3-12H,13-15H2,1-2H3. The number of sulfonamides is 1. The number of carbonyl (C=O) groups excluding carboxylic acids is 1. The molecule has 0 amide bonds. The van der Waals surface area contributed by atoms with Crippen LogP contribution in [0.1, 0.15) is 37.0 Å². The predicted octanol–water partition coefficient (Wildman–Crippen LogP) is 6.56. The third kappa shape index (κ3) is 4.96. The summed E-state index contributed by atoms with van der Waals surface area (Å²) in [6.45, 7) is 4.19. The lowest BCUT2D eigenvalue weighted by molar-refractivity contribution is -0.140. The van der Waals surface area contributed by atoms with Gasteiger partial charge in [0, 0.05) is 16.6 Å².